The number of halogens is 1. The molecular weight excluding hydrogens is 273 g/mol. The lowest BCUT2D eigenvalue weighted by molar-refractivity contribution is 0.0298. The van der Waals surface area contributed by atoms with Crippen molar-refractivity contribution in [3.05, 3.63) is 35.6 Å². The van der Waals surface area contributed by atoms with E-state index in [1.807, 2.05) is 17.8 Å². The molecule has 1 aliphatic heterocycles. The molecular formula is C16H24FNOS. The summed E-state index contributed by atoms with van der Waals surface area (Å²) < 4.78 is 13.1. The molecule has 1 aromatic carbocycles. The molecule has 112 valence electrons. The highest BCUT2D eigenvalue weighted by Crippen LogP contribution is 2.26. The van der Waals surface area contributed by atoms with Gasteiger partial charge in [0.25, 0.3) is 0 Å². The van der Waals surface area contributed by atoms with Gasteiger partial charge in [0, 0.05) is 12.6 Å². The Balaban J connectivity index is 1.71. The molecule has 1 fully saturated rings. The van der Waals surface area contributed by atoms with Crippen LogP contribution in [0.25, 0.3) is 0 Å². The molecule has 0 saturated carbocycles. The molecule has 2 rings (SSSR count). The molecule has 1 aromatic rings. The van der Waals surface area contributed by atoms with Crippen LogP contribution in [0.1, 0.15) is 31.7 Å². The van der Waals surface area contributed by atoms with Gasteiger partial charge < -0.3 is 10.4 Å². The fraction of sp³-hybridized carbons (Fsp3) is 0.625. The molecule has 0 radical (unpaired) electrons. The first-order valence-corrected chi connectivity index (χ1v) is 8.51. The van der Waals surface area contributed by atoms with E-state index in [0.29, 0.717) is 12.6 Å². The van der Waals surface area contributed by atoms with Crippen LogP contribution in [0.15, 0.2) is 24.3 Å². The van der Waals surface area contributed by atoms with E-state index in [1.54, 1.807) is 12.1 Å². The molecule has 0 bridgehead atoms. The Kier molecular flexibility index (Phi) is 5.87. The van der Waals surface area contributed by atoms with Crippen LogP contribution in [0.5, 0.6) is 0 Å². The lowest BCUT2D eigenvalue weighted by atomic mass is 9.96. The normalized spacial score (nSPS) is 19.8. The largest absolute Gasteiger partial charge is 0.389 e. The number of benzene rings is 1. The molecule has 2 nitrogen and oxygen atoms in total. The fourth-order valence-electron chi connectivity index (χ4n) is 2.47. The summed E-state index contributed by atoms with van der Waals surface area (Å²) in [4.78, 5) is 0. The van der Waals surface area contributed by atoms with Crippen LogP contribution >= 0.6 is 11.8 Å². The number of nitrogens with one attached hydrogen (secondary N) is 1. The summed E-state index contributed by atoms with van der Waals surface area (Å²) >= 11 is 1.92. The molecule has 1 unspecified atom stereocenters. The van der Waals surface area contributed by atoms with E-state index >= 15 is 0 Å². The monoisotopic (exact) mass is 297 g/mol. The zero-order chi connectivity index (χ0) is 14.4. The first-order valence-electron chi connectivity index (χ1n) is 7.35. The first kappa shape index (κ1) is 15.8. The van der Waals surface area contributed by atoms with Gasteiger partial charge in [-0.1, -0.05) is 12.1 Å². The Morgan fingerprint density at radius 3 is 2.85 bits per heavy atom. The Morgan fingerprint density at radius 2 is 2.15 bits per heavy atom. The van der Waals surface area contributed by atoms with Gasteiger partial charge in [-0.3, -0.25) is 0 Å². The minimum absolute atomic E-state index is 0.169. The minimum Gasteiger partial charge on any atom is -0.389 e. The number of hydrogen-bond donors (Lipinski definition) is 2. The summed E-state index contributed by atoms with van der Waals surface area (Å²) in [5, 5.41) is 13.8. The SMILES string of the molecule is CC(CCc1cccc(F)c1)NCC1(O)CCSCC1. The minimum atomic E-state index is -0.529. The standard InChI is InChI=1S/C16H24FNOS/c1-13(5-6-14-3-2-4-15(17)11-14)18-12-16(19)7-9-20-10-8-16/h2-4,11,13,18-19H,5-10,12H2,1H3. The average molecular weight is 297 g/mol. The van der Waals surface area contributed by atoms with Gasteiger partial charge in [-0.25, -0.2) is 4.39 Å². The van der Waals surface area contributed by atoms with Gasteiger partial charge in [0.05, 0.1) is 5.60 Å². The van der Waals surface area contributed by atoms with Crippen molar-refractivity contribution in [2.24, 2.45) is 0 Å². The smallest absolute Gasteiger partial charge is 0.123 e. The van der Waals surface area contributed by atoms with Crippen LogP contribution in [0, 0.1) is 5.82 Å². The molecule has 1 aliphatic rings. The Hall–Kier alpha value is -0.580. The summed E-state index contributed by atoms with van der Waals surface area (Å²) in [5.41, 5.74) is 0.504. The maximum atomic E-state index is 13.1. The topological polar surface area (TPSA) is 32.3 Å². The third kappa shape index (κ3) is 5.08. The van der Waals surface area contributed by atoms with E-state index in [0.717, 1.165) is 42.8 Å². The highest BCUT2D eigenvalue weighted by molar-refractivity contribution is 7.99. The fourth-order valence-corrected chi connectivity index (χ4v) is 3.72. The van der Waals surface area contributed by atoms with Crippen molar-refractivity contribution in [1.82, 2.24) is 5.32 Å². The molecule has 0 amide bonds. The Morgan fingerprint density at radius 1 is 1.40 bits per heavy atom. The molecule has 0 spiro atoms. The molecule has 2 N–H and O–H groups in total. The van der Waals surface area contributed by atoms with Gasteiger partial charge >= 0.3 is 0 Å². The van der Waals surface area contributed by atoms with Crippen molar-refractivity contribution in [3.8, 4) is 0 Å². The van der Waals surface area contributed by atoms with Crippen molar-refractivity contribution in [2.45, 2.75) is 44.2 Å². The maximum absolute atomic E-state index is 13.1. The molecule has 0 aliphatic carbocycles. The van der Waals surface area contributed by atoms with Gasteiger partial charge in [-0.2, -0.15) is 11.8 Å². The molecule has 1 saturated heterocycles. The summed E-state index contributed by atoms with van der Waals surface area (Å²) in [6.45, 7) is 2.79. The van der Waals surface area contributed by atoms with E-state index in [1.165, 1.54) is 6.07 Å². The highest BCUT2D eigenvalue weighted by Gasteiger charge is 2.29. The number of thioether (sulfide) groups is 1. The number of hydrogen-bond acceptors (Lipinski definition) is 3. The maximum Gasteiger partial charge on any atom is 0.123 e. The van der Waals surface area contributed by atoms with Gasteiger partial charge in [-0.05, 0) is 61.8 Å². The van der Waals surface area contributed by atoms with Crippen molar-refractivity contribution < 1.29 is 9.50 Å². The first-order chi connectivity index (χ1) is 9.57. The van der Waals surface area contributed by atoms with Crippen molar-refractivity contribution in [3.63, 3.8) is 0 Å². The lowest BCUT2D eigenvalue weighted by Crippen LogP contribution is -2.46. The summed E-state index contributed by atoms with van der Waals surface area (Å²) in [7, 11) is 0. The van der Waals surface area contributed by atoms with E-state index in [4.69, 9.17) is 0 Å². The molecule has 4 heteroatoms. The third-order valence-electron chi connectivity index (χ3n) is 3.96. The second-order valence-corrected chi connectivity index (χ2v) is 7.01. The van der Waals surface area contributed by atoms with Gasteiger partial charge in [0.2, 0.25) is 0 Å². The van der Waals surface area contributed by atoms with Crippen LogP contribution in [-0.2, 0) is 6.42 Å². The van der Waals surface area contributed by atoms with Gasteiger partial charge in [0.15, 0.2) is 0 Å². The zero-order valence-corrected chi connectivity index (χ0v) is 12.9. The Labute approximate surface area is 125 Å². The van der Waals surface area contributed by atoms with Gasteiger partial charge in [0.1, 0.15) is 5.82 Å². The second-order valence-electron chi connectivity index (χ2n) is 5.79. The van der Waals surface area contributed by atoms with Crippen LogP contribution in [0.4, 0.5) is 4.39 Å². The van der Waals surface area contributed by atoms with Crippen LogP contribution < -0.4 is 5.32 Å². The predicted octanol–water partition coefficient (Wildman–Crippen LogP) is 2.99. The van der Waals surface area contributed by atoms with Gasteiger partial charge in [-0.15, -0.1) is 0 Å². The second kappa shape index (κ2) is 7.43. The van der Waals surface area contributed by atoms with E-state index in [-0.39, 0.29) is 5.82 Å². The van der Waals surface area contributed by atoms with E-state index in [9.17, 15) is 9.50 Å². The van der Waals surface area contributed by atoms with Crippen LogP contribution in [0.3, 0.4) is 0 Å². The third-order valence-corrected chi connectivity index (χ3v) is 4.94. The molecule has 20 heavy (non-hydrogen) atoms. The number of rotatable bonds is 6. The van der Waals surface area contributed by atoms with Crippen LogP contribution in [0.2, 0.25) is 0 Å². The van der Waals surface area contributed by atoms with E-state index < -0.39 is 5.60 Å². The van der Waals surface area contributed by atoms with Crippen molar-refractivity contribution >= 4 is 11.8 Å². The highest BCUT2D eigenvalue weighted by atomic mass is 32.2. The average Bonchev–Trinajstić information content (AvgIpc) is 2.44. The zero-order valence-electron chi connectivity index (χ0n) is 12.1. The lowest BCUT2D eigenvalue weighted by Gasteiger charge is -2.33. The quantitative estimate of drug-likeness (QED) is 0.846. The van der Waals surface area contributed by atoms with E-state index in [2.05, 4.69) is 12.2 Å². The number of aryl methyl sites for hydroxylation is 1. The van der Waals surface area contributed by atoms with Crippen molar-refractivity contribution in [2.75, 3.05) is 18.1 Å². The molecule has 1 atom stereocenters. The Bertz CT molecular complexity index is 421. The predicted molar refractivity (Wildman–Crippen MR) is 83.7 cm³/mol. The van der Waals surface area contributed by atoms with Crippen molar-refractivity contribution in [1.29, 1.82) is 0 Å². The summed E-state index contributed by atoms with van der Waals surface area (Å²) in [5.74, 6) is 1.93. The molecule has 0 aromatic heterocycles. The van der Waals surface area contributed by atoms with Crippen LogP contribution in [-0.4, -0.2) is 34.8 Å². The summed E-state index contributed by atoms with van der Waals surface area (Å²) in [6.07, 6.45) is 3.57. The summed E-state index contributed by atoms with van der Waals surface area (Å²) in [6, 6.07) is 7.12. The molecule has 1 heterocycles. The number of aliphatic hydroxyl groups is 1.